The molecule has 1 aromatic heterocycles. The third-order valence-electron chi connectivity index (χ3n) is 3.77. The number of nitrogens with one attached hydrogen (secondary N) is 1. The second-order valence-electron chi connectivity index (χ2n) is 5.57. The Morgan fingerprint density at radius 2 is 2.25 bits per heavy atom. The Morgan fingerprint density at radius 3 is 2.92 bits per heavy atom. The topological polar surface area (TPSA) is 79.3 Å². The Morgan fingerprint density at radius 1 is 1.42 bits per heavy atom. The first-order valence-corrected chi connectivity index (χ1v) is 10.1. The van der Waals surface area contributed by atoms with E-state index in [0.717, 1.165) is 20.8 Å². The van der Waals surface area contributed by atoms with Crippen LogP contribution in [0.3, 0.4) is 0 Å². The van der Waals surface area contributed by atoms with Crippen LogP contribution in [0.25, 0.3) is 10.6 Å². The van der Waals surface area contributed by atoms with Gasteiger partial charge in [0, 0.05) is 21.2 Å². The maximum absolute atomic E-state index is 12.3. The quantitative estimate of drug-likeness (QED) is 0.767. The average Bonchev–Trinajstić information content (AvgIpc) is 3.17. The van der Waals surface area contributed by atoms with Crippen molar-refractivity contribution in [2.45, 2.75) is 18.4 Å². The molecule has 24 heavy (non-hydrogen) atoms. The molecular weight excluding hydrogens is 412 g/mol. The van der Waals surface area contributed by atoms with Crippen LogP contribution in [0.1, 0.15) is 12.1 Å². The molecule has 1 atom stereocenters. The lowest BCUT2D eigenvalue weighted by molar-refractivity contribution is -0.146. The van der Waals surface area contributed by atoms with E-state index < -0.39 is 11.5 Å². The van der Waals surface area contributed by atoms with E-state index in [-0.39, 0.29) is 12.3 Å². The third kappa shape index (κ3) is 3.81. The molecule has 0 bridgehead atoms. The Balaban J connectivity index is 1.68. The van der Waals surface area contributed by atoms with Crippen LogP contribution in [-0.4, -0.2) is 39.0 Å². The number of carboxylic acids is 1. The number of hydrogen-bond acceptors (Lipinski definition) is 5. The summed E-state index contributed by atoms with van der Waals surface area (Å²) >= 11 is 6.45. The molecule has 3 rings (SSSR count). The summed E-state index contributed by atoms with van der Waals surface area (Å²) in [4.78, 5) is 28.2. The van der Waals surface area contributed by atoms with E-state index in [4.69, 9.17) is 0 Å². The smallest absolute Gasteiger partial charge is 0.330 e. The first kappa shape index (κ1) is 17.4. The van der Waals surface area contributed by atoms with Gasteiger partial charge >= 0.3 is 5.97 Å². The Labute approximate surface area is 156 Å². The summed E-state index contributed by atoms with van der Waals surface area (Å²) in [5.74, 6) is -0.106. The Kier molecular flexibility index (Phi) is 5.27. The molecule has 0 aliphatic carbocycles. The highest BCUT2D eigenvalue weighted by atomic mass is 79.9. The van der Waals surface area contributed by atoms with Crippen molar-refractivity contribution in [1.29, 1.82) is 0 Å². The Hall–Kier alpha value is -1.38. The predicted octanol–water partition coefficient (Wildman–Crippen LogP) is 3.19. The number of thioether (sulfide) groups is 1. The van der Waals surface area contributed by atoms with Gasteiger partial charge in [0.2, 0.25) is 5.91 Å². The summed E-state index contributed by atoms with van der Waals surface area (Å²) in [6.45, 7) is 0. The van der Waals surface area contributed by atoms with Gasteiger partial charge in [-0.15, -0.1) is 11.3 Å². The van der Waals surface area contributed by atoms with Crippen molar-refractivity contribution < 1.29 is 14.7 Å². The molecule has 0 radical (unpaired) electrons. The summed E-state index contributed by atoms with van der Waals surface area (Å²) in [5, 5.41) is 14.8. The van der Waals surface area contributed by atoms with E-state index in [2.05, 4.69) is 26.2 Å². The molecule has 126 valence electrons. The molecule has 1 unspecified atom stereocenters. The molecule has 2 N–H and O–H groups in total. The number of aliphatic carboxylic acids is 1. The molecule has 1 aliphatic heterocycles. The van der Waals surface area contributed by atoms with E-state index in [1.165, 1.54) is 11.3 Å². The van der Waals surface area contributed by atoms with Gasteiger partial charge in [-0.1, -0.05) is 28.1 Å². The number of rotatable bonds is 5. The van der Waals surface area contributed by atoms with E-state index in [9.17, 15) is 14.7 Å². The van der Waals surface area contributed by atoms with Crippen LogP contribution in [-0.2, 0) is 16.0 Å². The van der Waals surface area contributed by atoms with Crippen LogP contribution in [0.5, 0.6) is 0 Å². The molecule has 1 saturated heterocycles. The minimum absolute atomic E-state index is 0.0875. The van der Waals surface area contributed by atoms with E-state index in [0.29, 0.717) is 17.9 Å². The SMILES string of the molecule is O=C(Cc1csc(-c2cccc(Br)c2)n1)NC1(C(=O)O)CCSC1. The zero-order valence-corrected chi connectivity index (χ0v) is 15.8. The highest BCUT2D eigenvalue weighted by molar-refractivity contribution is 9.10. The third-order valence-corrected chi connectivity index (χ3v) is 6.40. The number of amides is 1. The Bertz CT molecular complexity index is 772. The number of benzene rings is 1. The first-order valence-electron chi connectivity index (χ1n) is 7.31. The number of nitrogens with zero attached hydrogens (tertiary/aromatic N) is 1. The van der Waals surface area contributed by atoms with Crippen LogP contribution >= 0.6 is 39.0 Å². The maximum atomic E-state index is 12.3. The molecule has 1 amide bonds. The molecule has 1 fully saturated rings. The van der Waals surface area contributed by atoms with Crippen molar-refractivity contribution in [3.8, 4) is 10.6 Å². The van der Waals surface area contributed by atoms with Crippen molar-refractivity contribution in [3.63, 3.8) is 0 Å². The summed E-state index contributed by atoms with van der Waals surface area (Å²) < 4.78 is 0.969. The maximum Gasteiger partial charge on any atom is 0.330 e. The fourth-order valence-corrected chi connectivity index (χ4v) is 5.05. The van der Waals surface area contributed by atoms with Crippen molar-refractivity contribution in [3.05, 3.63) is 39.8 Å². The zero-order valence-electron chi connectivity index (χ0n) is 12.6. The van der Waals surface area contributed by atoms with Crippen molar-refractivity contribution in [1.82, 2.24) is 10.3 Å². The van der Waals surface area contributed by atoms with Crippen LogP contribution in [0.4, 0.5) is 0 Å². The molecule has 5 nitrogen and oxygen atoms in total. The van der Waals surface area contributed by atoms with Gasteiger partial charge in [-0.3, -0.25) is 4.79 Å². The standard InChI is InChI=1S/C16H15BrN2O3S2/c17-11-3-1-2-10(6-11)14-18-12(8-24-14)7-13(20)19-16(15(21)22)4-5-23-9-16/h1-3,6,8H,4-5,7,9H2,(H,19,20)(H,21,22). The van der Waals surface area contributed by atoms with Crippen LogP contribution in [0.2, 0.25) is 0 Å². The first-order chi connectivity index (χ1) is 11.5. The number of carboxylic acid groups (broad SMARTS) is 1. The fourth-order valence-electron chi connectivity index (χ4n) is 2.50. The van der Waals surface area contributed by atoms with Crippen molar-refractivity contribution >= 4 is 50.9 Å². The number of carbonyl (C=O) groups excluding carboxylic acids is 1. The minimum atomic E-state index is -1.13. The summed E-state index contributed by atoms with van der Waals surface area (Å²) in [7, 11) is 0. The normalized spacial score (nSPS) is 20.0. The molecule has 0 saturated carbocycles. The lowest BCUT2D eigenvalue weighted by Gasteiger charge is -2.24. The number of aromatic nitrogens is 1. The van der Waals surface area contributed by atoms with Gasteiger partial charge in [0.25, 0.3) is 0 Å². The van der Waals surface area contributed by atoms with E-state index in [1.54, 1.807) is 11.8 Å². The lowest BCUT2D eigenvalue weighted by atomic mass is 9.99. The number of halogens is 1. The number of hydrogen-bond donors (Lipinski definition) is 2. The molecular formula is C16H15BrN2O3S2. The van der Waals surface area contributed by atoms with Crippen LogP contribution in [0.15, 0.2) is 34.1 Å². The zero-order chi connectivity index (χ0) is 17.2. The second-order valence-corrected chi connectivity index (χ2v) is 8.45. The highest BCUT2D eigenvalue weighted by Gasteiger charge is 2.43. The van der Waals surface area contributed by atoms with Gasteiger partial charge in [-0.05, 0) is 24.3 Å². The number of carbonyl (C=O) groups is 2. The van der Waals surface area contributed by atoms with Gasteiger partial charge < -0.3 is 10.4 Å². The van der Waals surface area contributed by atoms with Gasteiger partial charge in [-0.2, -0.15) is 11.8 Å². The number of thiazole rings is 1. The molecule has 0 spiro atoms. The molecule has 1 aromatic carbocycles. The molecule has 1 aliphatic rings. The van der Waals surface area contributed by atoms with E-state index in [1.807, 2.05) is 29.6 Å². The lowest BCUT2D eigenvalue weighted by Crippen LogP contribution is -2.55. The minimum Gasteiger partial charge on any atom is -0.479 e. The highest BCUT2D eigenvalue weighted by Crippen LogP contribution is 2.29. The van der Waals surface area contributed by atoms with Gasteiger partial charge in [0.05, 0.1) is 12.1 Å². The fraction of sp³-hybridized carbons (Fsp3) is 0.312. The van der Waals surface area contributed by atoms with Gasteiger partial charge in [0.15, 0.2) is 0 Å². The van der Waals surface area contributed by atoms with Crippen LogP contribution in [0, 0.1) is 0 Å². The predicted molar refractivity (Wildman–Crippen MR) is 99.4 cm³/mol. The largest absolute Gasteiger partial charge is 0.479 e. The summed E-state index contributed by atoms with van der Waals surface area (Å²) in [5.41, 5.74) is 0.499. The van der Waals surface area contributed by atoms with E-state index >= 15 is 0 Å². The van der Waals surface area contributed by atoms with Crippen molar-refractivity contribution in [2.24, 2.45) is 0 Å². The van der Waals surface area contributed by atoms with Crippen LogP contribution < -0.4 is 5.32 Å². The summed E-state index contributed by atoms with van der Waals surface area (Å²) in [6.07, 6.45) is 0.545. The monoisotopic (exact) mass is 426 g/mol. The molecule has 8 heteroatoms. The van der Waals surface area contributed by atoms with Gasteiger partial charge in [0.1, 0.15) is 10.5 Å². The average molecular weight is 427 g/mol. The second kappa shape index (κ2) is 7.25. The molecule has 2 heterocycles. The van der Waals surface area contributed by atoms with Crippen molar-refractivity contribution in [2.75, 3.05) is 11.5 Å². The molecule has 2 aromatic rings. The van der Waals surface area contributed by atoms with Gasteiger partial charge in [-0.25, -0.2) is 9.78 Å². The summed E-state index contributed by atoms with van der Waals surface area (Å²) in [6, 6.07) is 7.80.